The average molecular weight is 318 g/mol. The Morgan fingerprint density at radius 1 is 1.18 bits per heavy atom. The van der Waals surface area contributed by atoms with Crippen molar-refractivity contribution in [3.05, 3.63) is 70.5 Å². The normalized spacial score (nSPS) is 17.7. The van der Waals surface area contributed by atoms with Crippen LogP contribution in [0, 0.1) is 5.82 Å². The highest BCUT2D eigenvalue weighted by molar-refractivity contribution is 6.30. The second-order valence-corrected chi connectivity index (χ2v) is 6.01. The SMILES string of the molecule is O=C(Cc1ccc(Cl)cc1)N1CCCC1c1ccccc1F. The van der Waals surface area contributed by atoms with Crippen molar-refractivity contribution in [1.82, 2.24) is 4.90 Å². The predicted molar refractivity (Wildman–Crippen MR) is 85.2 cm³/mol. The van der Waals surface area contributed by atoms with Crippen LogP contribution in [0.2, 0.25) is 5.02 Å². The molecule has 4 heteroatoms. The zero-order chi connectivity index (χ0) is 15.5. The van der Waals surface area contributed by atoms with Gasteiger partial charge in [-0.1, -0.05) is 41.9 Å². The standard InChI is InChI=1S/C18H17ClFNO/c19-14-9-7-13(8-10-14)12-18(22)21-11-3-6-17(21)15-4-1-2-5-16(15)20/h1-2,4-5,7-10,17H,3,6,11-12H2. The molecule has 0 bridgehead atoms. The third-order valence-corrected chi connectivity index (χ3v) is 4.36. The van der Waals surface area contributed by atoms with Gasteiger partial charge in [-0.15, -0.1) is 0 Å². The minimum Gasteiger partial charge on any atom is -0.335 e. The van der Waals surface area contributed by atoms with Crippen molar-refractivity contribution in [3.63, 3.8) is 0 Å². The van der Waals surface area contributed by atoms with Crippen LogP contribution in [0.5, 0.6) is 0 Å². The Morgan fingerprint density at radius 3 is 2.64 bits per heavy atom. The van der Waals surface area contributed by atoms with Gasteiger partial charge in [0.05, 0.1) is 12.5 Å². The van der Waals surface area contributed by atoms with Crippen molar-refractivity contribution in [2.24, 2.45) is 0 Å². The van der Waals surface area contributed by atoms with E-state index < -0.39 is 0 Å². The van der Waals surface area contributed by atoms with Gasteiger partial charge in [-0.2, -0.15) is 0 Å². The quantitative estimate of drug-likeness (QED) is 0.822. The maximum absolute atomic E-state index is 14.0. The smallest absolute Gasteiger partial charge is 0.227 e. The molecule has 1 atom stereocenters. The first-order valence-corrected chi connectivity index (χ1v) is 7.81. The Kier molecular flexibility index (Phi) is 4.44. The van der Waals surface area contributed by atoms with Gasteiger partial charge >= 0.3 is 0 Å². The first-order valence-electron chi connectivity index (χ1n) is 7.43. The minimum absolute atomic E-state index is 0.0353. The van der Waals surface area contributed by atoms with E-state index in [1.807, 2.05) is 18.2 Å². The van der Waals surface area contributed by atoms with Gasteiger partial charge in [0.15, 0.2) is 0 Å². The summed E-state index contributed by atoms with van der Waals surface area (Å²) in [6.45, 7) is 0.686. The van der Waals surface area contributed by atoms with Crippen LogP contribution in [0.25, 0.3) is 0 Å². The van der Waals surface area contributed by atoms with E-state index in [1.165, 1.54) is 6.07 Å². The maximum atomic E-state index is 14.0. The molecule has 1 fully saturated rings. The van der Waals surface area contributed by atoms with Gasteiger partial charge in [0.1, 0.15) is 5.82 Å². The molecule has 2 aromatic rings. The summed E-state index contributed by atoms with van der Waals surface area (Å²) in [6, 6.07) is 13.8. The molecule has 22 heavy (non-hydrogen) atoms. The molecule has 1 saturated heterocycles. The lowest BCUT2D eigenvalue weighted by molar-refractivity contribution is -0.131. The van der Waals surface area contributed by atoms with Crippen LogP contribution < -0.4 is 0 Å². The molecule has 3 rings (SSSR count). The lowest BCUT2D eigenvalue weighted by atomic mass is 10.0. The summed E-state index contributed by atoms with van der Waals surface area (Å²) in [6.07, 6.45) is 2.04. The number of carbonyl (C=O) groups excluding carboxylic acids is 1. The molecule has 0 spiro atoms. The Hall–Kier alpha value is -1.87. The second-order valence-electron chi connectivity index (χ2n) is 5.57. The lowest BCUT2D eigenvalue weighted by Crippen LogP contribution is -2.32. The number of rotatable bonds is 3. The van der Waals surface area contributed by atoms with Gasteiger partial charge in [0.25, 0.3) is 0 Å². The van der Waals surface area contributed by atoms with E-state index in [-0.39, 0.29) is 17.8 Å². The van der Waals surface area contributed by atoms with E-state index in [0.29, 0.717) is 23.6 Å². The summed E-state index contributed by atoms with van der Waals surface area (Å²) in [5.41, 5.74) is 1.54. The molecule has 114 valence electrons. The van der Waals surface area contributed by atoms with Crippen LogP contribution in [0.15, 0.2) is 48.5 Å². The third-order valence-electron chi connectivity index (χ3n) is 4.11. The summed E-state index contributed by atoms with van der Waals surface area (Å²) >= 11 is 5.86. The molecule has 0 N–H and O–H groups in total. The fourth-order valence-electron chi connectivity index (χ4n) is 3.01. The van der Waals surface area contributed by atoms with Crippen LogP contribution >= 0.6 is 11.6 Å². The molecule has 2 aromatic carbocycles. The topological polar surface area (TPSA) is 20.3 Å². The number of nitrogens with zero attached hydrogens (tertiary/aromatic N) is 1. The molecule has 0 radical (unpaired) electrons. The van der Waals surface area contributed by atoms with Crippen molar-refractivity contribution in [2.75, 3.05) is 6.54 Å². The van der Waals surface area contributed by atoms with Crippen LogP contribution in [-0.2, 0) is 11.2 Å². The van der Waals surface area contributed by atoms with E-state index in [9.17, 15) is 9.18 Å². The van der Waals surface area contributed by atoms with Gasteiger partial charge in [-0.25, -0.2) is 4.39 Å². The number of halogens is 2. The summed E-state index contributed by atoms with van der Waals surface area (Å²) < 4.78 is 14.0. The first kappa shape index (κ1) is 15.0. The van der Waals surface area contributed by atoms with Crippen LogP contribution in [0.1, 0.15) is 30.0 Å². The second kappa shape index (κ2) is 6.49. The van der Waals surface area contributed by atoms with Crippen molar-refractivity contribution >= 4 is 17.5 Å². The van der Waals surface area contributed by atoms with Gasteiger partial charge in [0.2, 0.25) is 5.91 Å². The van der Waals surface area contributed by atoms with E-state index in [1.54, 1.807) is 29.2 Å². The number of hydrogen-bond donors (Lipinski definition) is 0. The predicted octanol–water partition coefficient (Wildman–Crippen LogP) is 4.39. The molecule has 0 aliphatic carbocycles. The Bertz CT molecular complexity index is 671. The molecular weight excluding hydrogens is 301 g/mol. The molecule has 1 unspecified atom stereocenters. The fraction of sp³-hybridized carbons (Fsp3) is 0.278. The highest BCUT2D eigenvalue weighted by Gasteiger charge is 2.31. The highest BCUT2D eigenvalue weighted by Crippen LogP contribution is 2.33. The van der Waals surface area contributed by atoms with E-state index in [0.717, 1.165) is 18.4 Å². The maximum Gasteiger partial charge on any atom is 0.227 e. The fourth-order valence-corrected chi connectivity index (χ4v) is 3.14. The monoisotopic (exact) mass is 317 g/mol. The lowest BCUT2D eigenvalue weighted by Gasteiger charge is -2.25. The largest absolute Gasteiger partial charge is 0.335 e. The van der Waals surface area contributed by atoms with Crippen molar-refractivity contribution < 1.29 is 9.18 Å². The third kappa shape index (κ3) is 3.14. The van der Waals surface area contributed by atoms with Gasteiger partial charge in [-0.05, 0) is 36.6 Å². The minimum atomic E-state index is -0.237. The zero-order valence-corrected chi connectivity index (χ0v) is 12.9. The molecule has 0 aromatic heterocycles. The summed E-state index contributed by atoms with van der Waals surface area (Å²) in [5.74, 6) is -0.202. The molecule has 1 amide bonds. The van der Waals surface area contributed by atoms with Crippen LogP contribution in [0.3, 0.4) is 0 Å². The molecule has 1 heterocycles. The number of carbonyl (C=O) groups is 1. The van der Waals surface area contributed by atoms with Crippen LogP contribution in [-0.4, -0.2) is 17.4 Å². The van der Waals surface area contributed by atoms with Crippen molar-refractivity contribution in [1.29, 1.82) is 0 Å². The van der Waals surface area contributed by atoms with E-state index >= 15 is 0 Å². The van der Waals surface area contributed by atoms with E-state index in [2.05, 4.69) is 0 Å². The number of hydrogen-bond acceptors (Lipinski definition) is 1. The zero-order valence-electron chi connectivity index (χ0n) is 12.1. The number of benzene rings is 2. The summed E-state index contributed by atoms with van der Waals surface area (Å²) in [5, 5.41) is 0.654. The Labute approximate surface area is 134 Å². The molecule has 1 aliphatic rings. The molecule has 2 nitrogen and oxygen atoms in total. The highest BCUT2D eigenvalue weighted by atomic mass is 35.5. The van der Waals surface area contributed by atoms with Gasteiger partial charge < -0.3 is 4.90 Å². The number of likely N-dealkylation sites (tertiary alicyclic amines) is 1. The van der Waals surface area contributed by atoms with Crippen molar-refractivity contribution in [3.8, 4) is 0 Å². The Morgan fingerprint density at radius 2 is 1.91 bits per heavy atom. The van der Waals surface area contributed by atoms with Crippen molar-refractivity contribution in [2.45, 2.75) is 25.3 Å². The Balaban J connectivity index is 1.76. The van der Waals surface area contributed by atoms with E-state index in [4.69, 9.17) is 11.6 Å². The van der Waals surface area contributed by atoms with Crippen LogP contribution in [0.4, 0.5) is 4.39 Å². The molecule has 0 saturated carbocycles. The van der Waals surface area contributed by atoms with Gasteiger partial charge in [-0.3, -0.25) is 4.79 Å². The summed E-state index contributed by atoms with van der Waals surface area (Å²) in [4.78, 5) is 14.4. The average Bonchev–Trinajstić information content (AvgIpc) is 2.99. The molecular formula is C18H17ClFNO. The summed E-state index contributed by atoms with van der Waals surface area (Å²) in [7, 11) is 0. The first-order chi connectivity index (χ1) is 10.6. The van der Waals surface area contributed by atoms with Gasteiger partial charge in [0, 0.05) is 17.1 Å². The molecule has 1 aliphatic heterocycles. The number of amides is 1.